The summed E-state index contributed by atoms with van der Waals surface area (Å²) in [7, 11) is -3.77. The van der Waals surface area contributed by atoms with Crippen LogP contribution in [0.1, 0.15) is 30.5 Å². The average Bonchev–Trinajstić information content (AvgIpc) is 2.86. The van der Waals surface area contributed by atoms with Crippen molar-refractivity contribution < 1.29 is 13.2 Å². The molecule has 2 heterocycles. The number of aryl methyl sites for hydroxylation is 1. The predicted octanol–water partition coefficient (Wildman–Crippen LogP) is 1.99. The fourth-order valence-electron chi connectivity index (χ4n) is 5.29. The molecular formula is C27H36N6O3S. The summed E-state index contributed by atoms with van der Waals surface area (Å²) in [5, 5.41) is 15.6. The number of nitriles is 1. The van der Waals surface area contributed by atoms with E-state index in [0.29, 0.717) is 18.7 Å². The number of rotatable bonds is 7. The molecule has 2 N–H and O–H groups in total. The summed E-state index contributed by atoms with van der Waals surface area (Å²) in [5.41, 5.74) is 3.31. The maximum Gasteiger partial charge on any atom is 0.243 e. The molecule has 2 aromatic rings. The van der Waals surface area contributed by atoms with E-state index in [-0.39, 0.29) is 29.4 Å². The molecule has 0 saturated carbocycles. The van der Waals surface area contributed by atoms with Crippen LogP contribution in [0, 0.1) is 18.3 Å². The molecule has 2 aromatic carbocycles. The van der Waals surface area contributed by atoms with Gasteiger partial charge in [0.25, 0.3) is 0 Å². The number of hydrogen-bond acceptors (Lipinski definition) is 7. The van der Waals surface area contributed by atoms with E-state index in [2.05, 4.69) is 27.7 Å². The molecule has 9 nitrogen and oxygen atoms in total. The maximum atomic E-state index is 13.4. The molecule has 2 aliphatic heterocycles. The number of benzene rings is 2. The minimum Gasteiger partial charge on any atom is -0.325 e. The van der Waals surface area contributed by atoms with E-state index in [0.717, 1.165) is 44.0 Å². The maximum absolute atomic E-state index is 13.4. The second-order valence-corrected chi connectivity index (χ2v) is 11.9. The van der Waals surface area contributed by atoms with Gasteiger partial charge in [-0.05, 0) is 56.2 Å². The van der Waals surface area contributed by atoms with E-state index in [1.54, 1.807) is 12.1 Å². The van der Waals surface area contributed by atoms with E-state index >= 15 is 0 Å². The molecular weight excluding hydrogens is 488 g/mol. The predicted molar refractivity (Wildman–Crippen MR) is 144 cm³/mol. The van der Waals surface area contributed by atoms with Crippen molar-refractivity contribution in [3.63, 3.8) is 0 Å². The number of anilines is 1. The van der Waals surface area contributed by atoms with Crippen molar-refractivity contribution in [2.75, 3.05) is 51.1 Å². The number of sulfonamides is 1. The molecule has 2 atom stereocenters. The molecule has 2 fully saturated rings. The highest BCUT2D eigenvalue weighted by molar-refractivity contribution is 7.89. The number of amides is 1. The van der Waals surface area contributed by atoms with Gasteiger partial charge in [0.05, 0.1) is 23.1 Å². The molecule has 4 rings (SSSR count). The van der Waals surface area contributed by atoms with Gasteiger partial charge in [-0.25, -0.2) is 8.42 Å². The highest BCUT2D eigenvalue weighted by atomic mass is 32.2. The summed E-state index contributed by atoms with van der Waals surface area (Å²) in [6.45, 7) is 11.6. The lowest BCUT2D eigenvalue weighted by atomic mass is 10.1. The van der Waals surface area contributed by atoms with Gasteiger partial charge >= 0.3 is 0 Å². The third kappa shape index (κ3) is 6.55. The van der Waals surface area contributed by atoms with Gasteiger partial charge in [0.1, 0.15) is 0 Å². The Hall–Kier alpha value is -2.81. The first kappa shape index (κ1) is 27.2. The van der Waals surface area contributed by atoms with Gasteiger partial charge in [-0.2, -0.15) is 9.57 Å². The molecule has 0 bridgehead atoms. The first-order valence-corrected chi connectivity index (χ1v) is 14.2. The second kappa shape index (κ2) is 11.7. The molecule has 0 spiro atoms. The highest BCUT2D eigenvalue weighted by Gasteiger charge is 2.38. The number of piperazine rings is 2. The van der Waals surface area contributed by atoms with E-state index in [1.807, 2.05) is 37.8 Å². The minimum absolute atomic E-state index is 0.111. The third-order valence-corrected chi connectivity index (χ3v) is 9.14. The number of carbonyl (C=O) groups is 1. The zero-order valence-corrected chi connectivity index (χ0v) is 22.6. The molecule has 10 heteroatoms. The third-order valence-electron chi connectivity index (χ3n) is 7.01. The summed E-state index contributed by atoms with van der Waals surface area (Å²) in [4.78, 5) is 17.5. The van der Waals surface area contributed by atoms with Crippen LogP contribution in [0.15, 0.2) is 47.4 Å². The average molecular weight is 525 g/mol. The van der Waals surface area contributed by atoms with Crippen molar-refractivity contribution in [3.8, 4) is 6.07 Å². The summed E-state index contributed by atoms with van der Waals surface area (Å²) < 4.78 is 28.2. The van der Waals surface area contributed by atoms with Crippen molar-refractivity contribution >= 4 is 21.6 Å². The van der Waals surface area contributed by atoms with Gasteiger partial charge < -0.3 is 10.6 Å². The second-order valence-electron chi connectivity index (χ2n) is 10.1. The van der Waals surface area contributed by atoms with Crippen LogP contribution in [0.5, 0.6) is 0 Å². The van der Waals surface area contributed by atoms with Crippen molar-refractivity contribution in [3.05, 3.63) is 59.2 Å². The lowest BCUT2D eigenvalue weighted by Gasteiger charge is -2.43. The quantitative estimate of drug-likeness (QED) is 0.570. The standard InChI is InChI=1S/C27H36N6O3S/c1-20-7-8-24(18-31-11-9-29-10-12-31)14-26(20)30-27(34)19-32-16-21(2)33(22(3)17-32)37(35,36)25-6-4-5-23(13-25)15-28/h4-8,13-14,21-22,29H,9-12,16-19H2,1-3H3,(H,30,34). The SMILES string of the molecule is Cc1ccc(CN2CCNCC2)cc1NC(=O)CN1CC(C)N(S(=O)(=O)c2cccc(C#N)c2)C(C)C1. The molecule has 0 aromatic heterocycles. The number of nitrogens with zero attached hydrogens (tertiary/aromatic N) is 4. The fraction of sp³-hybridized carbons (Fsp3) is 0.481. The van der Waals surface area contributed by atoms with Crippen LogP contribution in [-0.2, 0) is 21.4 Å². The Kier molecular flexibility index (Phi) is 8.62. The summed E-state index contributed by atoms with van der Waals surface area (Å²) in [5.74, 6) is -0.111. The van der Waals surface area contributed by atoms with Crippen LogP contribution in [0.25, 0.3) is 0 Å². The first-order valence-electron chi connectivity index (χ1n) is 12.8. The van der Waals surface area contributed by atoms with Crippen LogP contribution in [0.2, 0.25) is 0 Å². The van der Waals surface area contributed by atoms with E-state index in [4.69, 9.17) is 5.26 Å². The van der Waals surface area contributed by atoms with Gasteiger partial charge in [0.15, 0.2) is 0 Å². The molecule has 1 amide bonds. The molecule has 0 aliphatic carbocycles. The van der Waals surface area contributed by atoms with Gasteiger partial charge in [0, 0.05) is 63.6 Å². The Morgan fingerprint density at radius 1 is 1.08 bits per heavy atom. The number of hydrogen-bond donors (Lipinski definition) is 2. The van der Waals surface area contributed by atoms with Crippen molar-refractivity contribution in [2.24, 2.45) is 0 Å². The smallest absolute Gasteiger partial charge is 0.243 e. The van der Waals surface area contributed by atoms with E-state index in [1.165, 1.54) is 22.0 Å². The Balaban J connectivity index is 1.38. The Labute approximate surface area is 220 Å². The molecule has 0 radical (unpaired) electrons. The Morgan fingerprint density at radius 3 is 2.46 bits per heavy atom. The van der Waals surface area contributed by atoms with Crippen LogP contribution >= 0.6 is 0 Å². The van der Waals surface area contributed by atoms with Crippen molar-refractivity contribution in [1.29, 1.82) is 5.26 Å². The lowest BCUT2D eigenvalue weighted by molar-refractivity contribution is -0.118. The first-order chi connectivity index (χ1) is 17.7. The fourth-order valence-corrected chi connectivity index (χ4v) is 7.14. The zero-order valence-electron chi connectivity index (χ0n) is 21.8. The topological polar surface area (TPSA) is 109 Å². The molecule has 2 unspecified atom stereocenters. The molecule has 2 aliphatic rings. The summed E-state index contributed by atoms with van der Waals surface area (Å²) >= 11 is 0. The van der Waals surface area contributed by atoms with Gasteiger partial charge in [-0.3, -0.25) is 14.6 Å². The van der Waals surface area contributed by atoms with Crippen molar-refractivity contribution in [1.82, 2.24) is 19.4 Å². The van der Waals surface area contributed by atoms with E-state index < -0.39 is 10.0 Å². The summed E-state index contributed by atoms with van der Waals surface area (Å²) in [6.07, 6.45) is 0. The largest absolute Gasteiger partial charge is 0.325 e. The zero-order chi connectivity index (χ0) is 26.6. The Morgan fingerprint density at radius 2 is 1.78 bits per heavy atom. The summed E-state index contributed by atoms with van der Waals surface area (Å²) in [6, 6.07) is 13.7. The van der Waals surface area contributed by atoms with Crippen LogP contribution < -0.4 is 10.6 Å². The highest BCUT2D eigenvalue weighted by Crippen LogP contribution is 2.26. The van der Waals surface area contributed by atoms with Crippen molar-refractivity contribution in [2.45, 2.75) is 44.3 Å². The number of nitrogens with one attached hydrogen (secondary N) is 2. The number of carbonyl (C=O) groups excluding carboxylic acids is 1. The van der Waals surface area contributed by atoms with Crippen LogP contribution in [0.3, 0.4) is 0 Å². The normalized spacial score (nSPS) is 21.9. The monoisotopic (exact) mass is 524 g/mol. The van der Waals surface area contributed by atoms with Crippen LogP contribution in [0.4, 0.5) is 5.69 Å². The van der Waals surface area contributed by atoms with Gasteiger partial charge in [-0.1, -0.05) is 18.2 Å². The molecule has 2 saturated heterocycles. The minimum atomic E-state index is -3.77. The van der Waals surface area contributed by atoms with E-state index in [9.17, 15) is 13.2 Å². The lowest BCUT2D eigenvalue weighted by Crippen LogP contribution is -2.59. The Bertz CT molecular complexity index is 1260. The van der Waals surface area contributed by atoms with Gasteiger partial charge in [0.2, 0.25) is 15.9 Å². The van der Waals surface area contributed by atoms with Crippen LogP contribution in [-0.4, -0.2) is 86.3 Å². The molecule has 37 heavy (non-hydrogen) atoms. The molecule has 198 valence electrons. The van der Waals surface area contributed by atoms with Gasteiger partial charge in [-0.15, -0.1) is 0 Å².